The lowest BCUT2D eigenvalue weighted by molar-refractivity contribution is 0.0599. The quantitative estimate of drug-likeness (QED) is 0.408. The molecule has 1 amide bonds. The number of benzene rings is 2. The zero-order valence-corrected chi connectivity index (χ0v) is 16.9. The minimum atomic E-state index is -0.364. The van der Waals surface area contributed by atoms with Gasteiger partial charge in [-0.15, -0.1) is 0 Å². The van der Waals surface area contributed by atoms with Crippen LogP contribution in [0.1, 0.15) is 43.2 Å². The van der Waals surface area contributed by atoms with Crippen molar-refractivity contribution >= 4 is 18.1 Å². The van der Waals surface area contributed by atoms with Gasteiger partial charge in [0.2, 0.25) is 0 Å². The molecule has 0 unspecified atom stereocenters. The van der Waals surface area contributed by atoms with Crippen LogP contribution >= 0.6 is 0 Å². The molecule has 148 valence electrons. The molecular weight excluding hydrogens is 366 g/mol. The topological polar surface area (TPSA) is 72.7 Å². The Morgan fingerprint density at radius 1 is 1.03 bits per heavy atom. The number of ether oxygens (including phenoxy) is 1. The first-order valence-electron chi connectivity index (χ1n) is 9.19. The molecule has 0 radical (unpaired) electrons. The van der Waals surface area contributed by atoms with E-state index in [1.807, 2.05) is 45.0 Å². The first-order valence-corrected chi connectivity index (χ1v) is 9.19. The molecule has 0 fully saturated rings. The van der Waals surface area contributed by atoms with Crippen LogP contribution in [0.3, 0.4) is 0 Å². The maximum absolute atomic E-state index is 12.1. The van der Waals surface area contributed by atoms with Gasteiger partial charge < -0.3 is 9.30 Å². The molecule has 1 aromatic heterocycles. The van der Waals surface area contributed by atoms with Gasteiger partial charge in [0.05, 0.1) is 18.9 Å². The second-order valence-electron chi connectivity index (χ2n) is 6.67. The standard InChI is InChI=1S/C23H23N3O3/c1-15-13-19(14-24-25-22(27)18-9-6-5-7-10-18)17(3)26(15)21-12-8-11-20(16(21)2)23(28)29-4/h5-14H,1-4H3,(H,25,27)/b24-14+. The Kier molecular flexibility index (Phi) is 5.93. The van der Waals surface area contributed by atoms with Gasteiger partial charge in [0.1, 0.15) is 0 Å². The van der Waals surface area contributed by atoms with Gasteiger partial charge in [-0.05, 0) is 56.7 Å². The zero-order chi connectivity index (χ0) is 21.0. The third-order valence-electron chi connectivity index (χ3n) is 4.83. The van der Waals surface area contributed by atoms with Gasteiger partial charge in [-0.2, -0.15) is 5.10 Å². The number of hydrogen-bond donors (Lipinski definition) is 1. The van der Waals surface area contributed by atoms with Crippen LogP contribution in [0, 0.1) is 20.8 Å². The summed E-state index contributed by atoms with van der Waals surface area (Å²) in [6, 6.07) is 16.4. The number of hydrogen-bond acceptors (Lipinski definition) is 4. The number of rotatable bonds is 5. The second-order valence-corrected chi connectivity index (χ2v) is 6.67. The van der Waals surface area contributed by atoms with Crippen molar-refractivity contribution in [1.29, 1.82) is 0 Å². The molecule has 29 heavy (non-hydrogen) atoms. The number of amides is 1. The lowest BCUT2D eigenvalue weighted by atomic mass is 10.1. The Bertz CT molecular complexity index is 1080. The number of methoxy groups -OCH3 is 1. The summed E-state index contributed by atoms with van der Waals surface area (Å²) in [5.74, 6) is -0.630. The Labute approximate surface area is 169 Å². The summed E-state index contributed by atoms with van der Waals surface area (Å²) in [5, 5.41) is 4.10. The number of nitrogens with zero attached hydrogens (tertiary/aromatic N) is 2. The Morgan fingerprint density at radius 3 is 2.45 bits per heavy atom. The Morgan fingerprint density at radius 2 is 1.76 bits per heavy atom. The molecular formula is C23H23N3O3. The van der Waals surface area contributed by atoms with E-state index in [-0.39, 0.29) is 11.9 Å². The predicted molar refractivity (Wildman–Crippen MR) is 113 cm³/mol. The number of nitrogens with one attached hydrogen (secondary N) is 1. The monoisotopic (exact) mass is 389 g/mol. The molecule has 0 saturated carbocycles. The molecule has 1 N–H and O–H groups in total. The van der Waals surface area contributed by atoms with E-state index in [9.17, 15) is 9.59 Å². The normalized spacial score (nSPS) is 10.9. The first-order chi connectivity index (χ1) is 13.9. The largest absolute Gasteiger partial charge is 0.465 e. The maximum Gasteiger partial charge on any atom is 0.338 e. The summed E-state index contributed by atoms with van der Waals surface area (Å²) in [6.07, 6.45) is 1.62. The van der Waals surface area contributed by atoms with Crippen LogP contribution < -0.4 is 5.43 Å². The summed E-state index contributed by atoms with van der Waals surface area (Å²) in [6.45, 7) is 5.85. The minimum absolute atomic E-state index is 0.266. The van der Waals surface area contributed by atoms with Crippen LogP contribution in [0.2, 0.25) is 0 Å². The fourth-order valence-electron chi connectivity index (χ4n) is 3.30. The van der Waals surface area contributed by atoms with Crippen molar-refractivity contribution < 1.29 is 14.3 Å². The van der Waals surface area contributed by atoms with Gasteiger partial charge in [0.25, 0.3) is 5.91 Å². The van der Waals surface area contributed by atoms with Gasteiger partial charge in [-0.1, -0.05) is 24.3 Å². The summed E-state index contributed by atoms with van der Waals surface area (Å²) in [4.78, 5) is 24.1. The lowest BCUT2D eigenvalue weighted by Gasteiger charge is -2.15. The highest BCUT2D eigenvalue weighted by Crippen LogP contribution is 2.25. The van der Waals surface area contributed by atoms with Gasteiger partial charge in [-0.25, -0.2) is 10.2 Å². The average molecular weight is 389 g/mol. The minimum Gasteiger partial charge on any atom is -0.465 e. The molecule has 0 saturated heterocycles. The van der Waals surface area contributed by atoms with Crippen LogP contribution in [0.15, 0.2) is 59.7 Å². The van der Waals surface area contributed by atoms with Gasteiger partial charge >= 0.3 is 5.97 Å². The zero-order valence-electron chi connectivity index (χ0n) is 16.9. The number of aromatic nitrogens is 1. The summed E-state index contributed by atoms with van der Waals surface area (Å²) < 4.78 is 6.93. The van der Waals surface area contributed by atoms with E-state index in [1.54, 1.807) is 36.5 Å². The molecule has 3 aromatic rings. The highest BCUT2D eigenvalue weighted by Gasteiger charge is 2.16. The van der Waals surface area contributed by atoms with E-state index in [0.717, 1.165) is 28.2 Å². The van der Waals surface area contributed by atoms with Gasteiger partial charge in [0.15, 0.2) is 0 Å². The number of aryl methyl sites for hydroxylation is 1. The highest BCUT2D eigenvalue weighted by atomic mass is 16.5. The van der Waals surface area contributed by atoms with Crippen molar-refractivity contribution in [3.8, 4) is 5.69 Å². The van der Waals surface area contributed by atoms with E-state index >= 15 is 0 Å². The van der Waals surface area contributed by atoms with Crippen molar-refractivity contribution in [2.45, 2.75) is 20.8 Å². The molecule has 0 aliphatic heterocycles. The van der Waals surface area contributed by atoms with Crippen LogP contribution in [0.25, 0.3) is 5.69 Å². The van der Waals surface area contributed by atoms with Crippen molar-refractivity contribution in [3.63, 3.8) is 0 Å². The first kappa shape index (κ1) is 20.1. The third kappa shape index (κ3) is 4.11. The molecule has 3 rings (SSSR count). The predicted octanol–water partition coefficient (Wildman–Crippen LogP) is 3.95. The summed E-state index contributed by atoms with van der Waals surface area (Å²) in [5.41, 5.74) is 8.17. The number of esters is 1. The van der Waals surface area contributed by atoms with Crippen molar-refractivity contribution in [3.05, 3.63) is 88.2 Å². The smallest absolute Gasteiger partial charge is 0.338 e. The molecule has 0 bridgehead atoms. The van der Waals surface area contributed by atoms with Crippen LogP contribution in [0.4, 0.5) is 0 Å². The molecule has 2 aromatic carbocycles. The van der Waals surface area contributed by atoms with E-state index in [0.29, 0.717) is 11.1 Å². The fraction of sp³-hybridized carbons (Fsp3) is 0.174. The second kappa shape index (κ2) is 8.56. The summed E-state index contributed by atoms with van der Waals surface area (Å²) >= 11 is 0. The van der Waals surface area contributed by atoms with E-state index in [4.69, 9.17) is 4.74 Å². The Hall–Kier alpha value is -3.67. The number of carbonyl (C=O) groups is 2. The maximum atomic E-state index is 12.1. The van der Waals surface area contributed by atoms with E-state index in [1.165, 1.54) is 7.11 Å². The lowest BCUT2D eigenvalue weighted by Crippen LogP contribution is -2.17. The molecule has 0 aliphatic rings. The third-order valence-corrected chi connectivity index (χ3v) is 4.83. The molecule has 1 heterocycles. The number of carbonyl (C=O) groups excluding carboxylic acids is 2. The molecule has 6 heteroatoms. The van der Waals surface area contributed by atoms with Crippen molar-refractivity contribution in [2.24, 2.45) is 5.10 Å². The van der Waals surface area contributed by atoms with Crippen molar-refractivity contribution in [1.82, 2.24) is 9.99 Å². The SMILES string of the molecule is COC(=O)c1cccc(-n2c(C)cc(/C=N/NC(=O)c3ccccc3)c2C)c1C. The Balaban J connectivity index is 1.88. The van der Waals surface area contributed by atoms with Crippen LogP contribution in [-0.4, -0.2) is 29.8 Å². The molecule has 0 atom stereocenters. The average Bonchev–Trinajstić information content (AvgIpc) is 3.01. The number of hydrazone groups is 1. The van der Waals surface area contributed by atoms with E-state index < -0.39 is 0 Å². The van der Waals surface area contributed by atoms with Gasteiger partial charge in [-0.3, -0.25) is 4.79 Å². The molecule has 6 nitrogen and oxygen atoms in total. The van der Waals surface area contributed by atoms with Gasteiger partial charge in [0, 0.05) is 28.2 Å². The fourth-order valence-corrected chi connectivity index (χ4v) is 3.30. The summed E-state index contributed by atoms with van der Waals surface area (Å²) in [7, 11) is 1.37. The van der Waals surface area contributed by atoms with E-state index in [2.05, 4.69) is 15.1 Å². The molecule has 0 spiro atoms. The van der Waals surface area contributed by atoms with Crippen LogP contribution in [0.5, 0.6) is 0 Å². The van der Waals surface area contributed by atoms with Crippen LogP contribution in [-0.2, 0) is 4.74 Å². The molecule has 0 aliphatic carbocycles. The highest BCUT2D eigenvalue weighted by molar-refractivity contribution is 5.95. The van der Waals surface area contributed by atoms with Crippen molar-refractivity contribution in [2.75, 3.05) is 7.11 Å².